The van der Waals surface area contributed by atoms with Crippen molar-refractivity contribution >= 4 is 16.8 Å². The van der Waals surface area contributed by atoms with E-state index in [0.29, 0.717) is 19.5 Å². The topological polar surface area (TPSA) is 56.9 Å². The van der Waals surface area contributed by atoms with Crippen LogP contribution in [0, 0.1) is 6.92 Å². The number of aryl methyl sites for hydroxylation is 1. The van der Waals surface area contributed by atoms with Gasteiger partial charge in [0, 0.05) is 43.2 Å². The molecule has 25 heavy (non-hydrogen) atoms. The highest BCUT2D eigenvalue weighted by atomic mass is 16.1. The fraction of sp³-hybridized carbons (Fsp3) is 0.286. The highest BCUT2D eigenvalue weighted by Crippen LogP contribution is 2.17. The van der Waals surface area contributed by atoms with Crippen molar-refractivity contribution in [2.24, 2.45) is 0 Å². The first-order valence-electron chi connectivity index (χ1n) is 8.80. The Kier molecular flexibility index (Phi) is 5.86. The average Bonchev–Trinajstić information content (AvgIpc) is 3.04. The van der Waals surface area contributed by atoms with Crippen molar-refractivity contribution in [1.82, 2.24) is 15.6 Å². The molecule has 130 valence electrons. The number of aromatic nitrogens is 1. The summed E-state index contributed by atoms with van der Waals surface area (Å²) in [5.74, 6) is 0.0937. The second kappa shape index (κ2) is 8.49. The number of rotatable bonds is 8. The van der Waals surface area contributed by atoms with Crippen LogP contribution in [0.4, 0.5) is 0 Å². The van der Waals surface area contributed by atoms with Crippen LogP contribution in [0.5, 0.6) is 0 Å². The van der Waals surface area contributed by atoms with E-state index in [1.54, 1.807) is 0 Å². The van der Waals surface area contributed by atoms with Crippen molar-refractivity contribution in [1.29, 1.82) is 0 Å². The van der Waals surface area contributed by atoms with Gasteiger partial charge in [-0.05, 0) is 30.5 Å². The average molecular weight is 335 g/mol. The molecule has 0 atom stereocenters. The third kappa shape index (κ3) is 4.94. The van der Waals surface area contributed by atoms with Gasteiger partial charge in [-0.1, -0.05) is 48.0 Å². The Bertz CT molecular complexity index is 821. The Hall–Kier alpha value is -2.59. The molecule has 3 rings (SSSR count). The molecule has 0 aliphatic rings. The van der Waals surface area contributed by atoms with E-state index >= 15 is 0 Å². The molecule has 4 heteroatoms. The van der Waals surface area contributed by atoms with Crippen LogP contribution in [0.25, 0.3) is 10.9 Å². The van der Waals surface area contributed by atoms with E-state index in [2.05, 4.69) is 58.9 Å². The van der Waals surface area contributed by atoms with Gasteiger partial charge in [-0.25, -0.2) is 0 Å². The number of carbonyl (C=O) groups excluding carboxylic acids is 1. The summed E-state index contributed by atoms with van der Waals surface area (Å²) in [6.07, 6.45) is 3.37. The lowest BCUT2D eigenvalue weighted by Gasteiger charge is -2.07. The fourth-order valence-corrected chi connectivity index (χ4v) is 2.90. The Balaban J connectivity index is 1.33. The summed E-state index contributed by atoms with van der Waals surface area (Å²) in [7, 11) is 0. The van der Waals surface area contributed by atoms with Crippen LogP contribution >= 0.6 is 0 Å². The van der Waals surface area contributed by atoms with Crippen molar-refractivity contribution in [2.75, 3.05) is 13.1 Å². The van der Waals surface area contributed by atoms with Crippen molar-refractivity contribution in [2.45, 2.75) is 26.3 Å². The number of hydrogen-bond donors (Lipinski definition) is 3. The molecule has 0 aliphatic carbocycles. The maximum Gasteiger partial charge on any atom is 0.221 e. The third-order valence-corrected chi connectivity index (χ3v) is 4.37. The second-order valence-corrected chi connectivity index (χ2v) is 6.37. The van der Waals surface area contributed by atoms with Gasteiger partial charge >= 0.3 is 0 Å². The Morgan fingerprint density at radius 1 is 1.04 bits per heavy atom. The minimum absolute atomic E-state index is 0.0937. The molecule has 0 saturated carbocycles. The predicted octanol–water partition coefficient (Wildman–Crippen LogP) is 3.31. The van der Waals surface area contributed by atoms with Crippen LogP contribution < -0.4 is 10.6 Å². The molecule has 0 bridgehead atoms. The second-order valence-electron chi connectivity index (χ2n) is 6.37. The van der Waals surface area contributed by atoms with Crippen molar-refractivity contribution in [3.63, 3.8) is 0 Å². The molecule has 0 unspecified atom stereocenters. The van der Waals surface area contributed by atoms with E-state index in [-0.39, 0.29) is 5.91 Å². The standard InChI is InChI=1S/C21H25N3O/c1-16-6-8-17(9-7-16)14-22-12-11-21(25)23-13-10-18-15-24-20-5-3-2-4-19(18)20/h2-9,15,22,24H,10-14H2,1H3,(H,23,25). The van der Waals surface area contributed by atoms with Crippen LogP contribution in [0.15, 0.2) is 54.7 Å². The number of fused-ring (bicyclic) bond motifs is 1. The van der Waals surface area contributed by atoms with Gasteiger partial charge in [0.1, 0.15) is 0 Å². The molecule has 2 aromatic carbocycles. The van der Waals surface area contributed by atoms with Crippen LogP contribution in [0.3, 0.4) is 0 Å². The van der Waals surface area contributed by atoms with Gasteiger partial charge in [-0.3, -0.25) is 4.79 Å². The quantitative estimate of drug-likeness (QED) is 0.553. The van der Waals surface area contributed by atoms with E-state index in [9.17, 15) is 4.79 Å². The predicted molar refractivity (Wildman–Crippen MR) is 103 cm³/mol. The number of benzene rings is 2. The van der Waals surface area contributed by atoms with Gasteiger partial charge in [0.2, 0.25) is 5.91 Å². The van der Waals surface area contributed by atoms with Crippen LogP contribution in [-0.2, 0) is 17.8 Å². The van der Waals surface area contributed by atoms with E-state index in [0.717, 1.165) is 18.5 Å². The lowest BCUT2D eigenvalue weighted by Crippen LogP contribution is -2.29. The summed E-state index contributed by atoms with van der Waals surface area (Å²) in [6, 6.07) is 16.7. The SMILES string of the molecule is Cc1ccc(CNCCC(=O)NCCc2c[nH]c3ccccc23)cc1. The smallest absolute Gasteiger partial charge is 0.221 e. The van der Waals surface area contributed by atoms with E-state index < -0.39 is 0 Å². The Morgan fingerprint density at radius 3 is 2.68 bits per heavy atom. The molecule has 0 spiro atoms. The van der Waals surface area contributed by atoms with Crippen molar-refractivity contribution in [3.05, 3.63) is 71.4 Å². The van der Waals surface area contributed by atoms with Gasteiger partial charge in [-0.15, -0.1) is 0 Å². The summed E-state index contributed by atoms with van der Waals surface area (Å²) >= 11 is 0. The van der Waals surface area contributed by atoms with Gasteiger partial charge in [-0.2, -0.15) is 0 Å². The van der Waals surface area contributed by atoms with Crippen molar-refractivity contribution < 1.29 is 4.79 Å². The number of hydrogen-bond acceptors (Lipinski definition) is 2. The van der Waals surface area contributed by atoms with Crippen molar-refractivity contribution in [3.8, 4) is 0 Å². The lowest BCUT2D eigenvalue weighted by atomic mass is 10.1. The summed E-state index contributed by atoms with van der Waals surface area (Å²) < 4.78 is 0. The van der Waals surface area contributed by atoms with E-state index in [4.69, 9.17) is 0 Å². The molecular weight excluding hydrogens is 310 g/mol. The molecule has 0 fully saturated rings. The third-order valence-electron chi connectivity index (χ3n) is 4.37. The van der Waals surface area contributed by atoms with Gasteiger partial charge in [0.25, 0.3) is 0 Å². The monoisotopic (exact) mass is 335 g/mol. The molecule has 3 aromatic rings. The zero-order valence-corrected chi connectivity index (χ0v) is 14.6. The first kappa shape index (κ1) is 17.2. The van der Waals surface area contributed by atoms with E-state index in [1.165, 1.54) is 22.1 Å². The van der Waals surface area contributed by atoms with Gasteiger partial charge < -0.3 is 15.6 Å². The summed E-state index contributed by atoms with van der Waals surface area (Å²) in [5, 5.41) is 7.55. The van der Waals surface area contributed by atoms with E-state index in [1.807, 2.05) is 18.3 Å². The van der Waals surface area contributed by atoms with Crippen LogP contribution in [0.2, 0.25) is 0 Å². The highest BCUT2D eigenvalue weighted by Gasteiger charge is 2.04. The molecule has 1 amide bonds. The number of para-hydroxylation sites is 1. The highest BCUT2D eigenvalue weighted by molar-refractivity contribution is 5.83. The minimum Gasteiger partial charge on any atom is -0.361 e. The number of amides is 1. The molecule has 3 N–H and O–H groups in total. The molecule has 1 heterocycles. The lowest BCUT2D eigenvalue weighted by molar-refractivity contribution is -0.120. The largest absolute Gasteiger partial charge is 0.361 e. The molecule has 4 nitrogen and oxygen atoms in total. The Labute approximate surface area is 148 Å². The first-order chi connectivity index (χ1) is 12.2. The zero-order valence-electron chi connectivity index (χ0n) is 14.6. The molecule has 0 radical (unpaired) electrons. The summed E-state index contributed by atoms with van der Waals surface area (Å²) in [5.41, 5.74) is 4.89. The summed E-state index contributed by atoms with van der Waals surface area (Å²) in [6.45, 7) is 4.23. The van der Waals surface area contributed by atoms with Crippen LogP contribution in [0.1, 0.15) is 23.1 Å². The molecule has 0 saturated heterocycles. The number of H-pyrrole nitrogens is 1. The van der Waals surface area contributed by atoms with Gasteiger partial charge in [0.15, 0.2) is 0 Å². The number of carbonyl (C=O) groups is 1. The van der Waals surface area contributed by atoms with Gasteiger partial charge in [0.05, 0.1) is 0 Å². The zero-order chi connectivity index (χ0) is 17.5. The maximum atomic E-state index is 11.9. The fourth-order valence-electron chi connectivity index (χ4n) is 2.90. The normalized spacial score (nSPS) is 10.9. The molecular formula is C21H25N3O. The Morgan fingerprint density at radius 2 is 1.84 bits per heavy atom. The number of nitrogens with one attached hydrogen (secondary N) is 3. The first-order valence-corrected chi connectivity index (χ1v) is 8.80. The summed E-state index contributed by atoms with van der Waals surface area (Å²) in [4.78, 5) is 15.2. The molecule has 1 aromatic heterocycles. The maximum absolute atomic E-state index is 11.9. The minimum atomic E-state index is 0.0937. The van der Waals surface area contributed by atoms with Crippen LogP contribution in [-0.4, -0.2) is 24.0 Å². The molecule has 0 aliphatic heterocycles. The number of aromatic amines is 1.